The molecule has 0 saturated carbocycles. The highest BCUT2D eigenvalue weighted by Gasteiger charge is 2.17. The van der Waals surface area contributed by atoms with Crippen molar-refractivity contribution in [3.8, 4) is 0 Å². The van der Waals surface area contributed by atoms with Crippen LogP contribution in [0.1, 0.15) is 117 Å². The minimum Gasteiger partial charge on any atom is -0.370 e. The van der Waals surface area contributed by atoms with Gasteiger partial charge in [-0.2, -0.15) is 0 Å². The molecular weight excluding hydrogens is 346 g/mol. The molecule has 1 aliphatic rings. The third kappa shape index (κ3) is 13.1. The Balaban J connectivity index is 1.95. The van der Waals surface area contributed by atoms with Gasteiger partial charge in [-0.3, -0.25) is 4.79 Å². The first kappa shape index (κ1) is 24.8. The van der Waals surface area contributed by atoms with Gasteiger partial charge < -0.3 is 15.5 Å². The summed E-state index contributed by atoms with van der Waals surface area (Å²) >= 11 is 0. The fourth-order valence-electron chi connectivity index (χ4n) is 3.88. The molecule has 0 bridgehead atoms. The third-order valence-electron chi connectivity index (χ3n) is 5.74. The summed E-state index contributed by atoms with van der Waals surface area (Å²) in [6.07, 6.45) is 24.7. The molecule has 164 valence electrons. The predicted octanol–water partition coefficient (Wildman–Crippen LogP) is 6.09. The average molecular weight is 394 g/mol. The Morgan fingerprint density at radius 2 is 1.43 bits per heavy atom. The van der Waals surface area contributed by atoms with Crippen LogP contribution >= 0.6 is 0 Å². The maximum Gasteiger partial charge on any atom is 0.220 e. The zero-order valence-corrected chi connectivity index (χ0v) is 18.8. The van der Waals surface area contributed by atoms with Crippen LogP contribution in [-0.4, -0.2) is 30.1 Å². The summed E-state index contributed by atoms with van der Waals surface area (Å²) in [5, 5.41) is 6.54. The molecule has 1 heterocycles. The van der Waals surface area contributed by atoms with Gasteiger partial charge in [0.2, 0.25) is 5.91 Å². The van der Waals surface area contributed by atoms with Crippen LogP contribution in [0, 0.1) is 0 Å². The van der Waals surface area contributed by atoms with Crippen molar-refractivity contribution < 1.29 is 4.79 Å². The molecule has 1 rings (SSSR count). The van der Waals surface area contributed by atoms with Crippen LogP contribution in [0.2, 0.25) is 0 Å². The highest BCUT2D eigenvalue weighted by Crippen LogP contribution is 2.14. The fourth-order valence-corrected chi connectivity index (χ4v) is 3.88. The summed E-state index contributed by atoms with van der Waals surface area (Å²) in [6.45, 7) is 6.16. The van der Waals surface area contributed by atoms with E-state index in [1.54, 1.807) is 0 Å². The zero-order chi connectivity index (χ0) is 20.3. The topological polar surface area (TPSA) is 44.4 Å². The fraction of sp³-hybridized carbons (Fsp3) is 0.875. The second-order valence-electron chi connectivity index (χ2n) is 8.37. The minimum atomic E-state index is 0.218. The second kappa shape index (κ2) is 17.9. The van der Waals surface area contributed by atoms with Crippen LogP contribution in [-0.2, 0) is 4.79 Å². The molecule has 0 aromatic rings. The van der Waals surface area contributed by atoms with Gasteiger partial charge in [0.25, 0.3) is 0 Å². The lowest BCUT2D eigenvalue weighted by atomic mass is 10.1. The maximum atomic E-state index is 12.0. The van der Waals surface area contributed by atoms with E-state index in [1.165, 1.54) is 89.9 Å². The number of hydrogen-bond donors (Lipinski definition) is 2. The Morgan fingerprint density at radius 3 is 2.07 bits per heavy atom. The quantitative estimate of drug-likeness (QED) is 0.261. The second-order valence-corrected chi connectivity index (χ2v) is 8.37. The normalized spacial score (nSPS) is 15.8. The number of unbranched alkanes of at least 4 members (excludes halogenated alkanes) is 12. The number of hydrogen-bond acceptors (Lipinski definition) is 3. The number of nitrogens with one attached hydrogen (secondary N) is 2. The van der Waals surface area contributed by atoms with Crippen molar-refractivity contribution >= 4 is 5.91 Å². The van der Waals surface area contributed by atoms with Crippen molar-refractivity contribution in [3.63, 3.8) is 0 Å². The molecule has 1 atom stereocenters. The Labute approximate surface area is 174 Å². The van der Waals surface area contributed by atoms with E-state index in [0.717, 1.165) is 19.5 Å². The van der Waals surface area contributed by atoms with Crippen LogP contribution in [0.25, 0.3) is 0 Å². The van der Waals surface area contributed by atoms with Crippen molar-refractivity contribution in [1.82, 2.24) is 15.5 Å². The minimum absolute atomic E-state index is 0.218. The van der Waals surface area contributed by atoms with Gasteiger partial charge in [0.1, 0.15) is 0 Å². The van der Waals surface area contributed by atoms with Gasteiger partial charge in [0.05, 0.1) is 6.17 Å². The number of amides is 1. The van der Waals surface area contributed by atoms with Gasteiger partial charge in [-0.15, -0.1) is 0 Å². The van der Waals surface area contributed by atoms with Gasteiger partial charge >= 0.3 is 0 Å². The molecule has 1 amide bonds. The SMILES string of the molecule is CCCCCCCCCCCC(=O)NCCN1C=CNC1CCCCCCC. The molecule has 1 aliphatic heterocycles. The van der Waals surface area contributed by atoms with Gasteiger partial charge in [0.15, 0.2) is 0 Å². The van der Waals surface area contributed by atoms with Gasteiger partial charge in [-0.25, -0.2) is 0 Å². The molecule has 1 unspecified atom stereocenters. The Kier molecular flexibility index (Phi) is 15.9. The van der Waals surface area contributed by atoms with E-state index in [9.17, 15) is 4.79 Å². The van der Waals surface area contributed by atoms with E-state index in [1.807, 2.05) is 6.20 Å². The third-order valence-corrected chi connectivity index (χ3v) is 5.74. The van der Waals surface area contributed by atoms with Crippen molar-refractivity contribution in [2.45, 2.75) is 123 Å². The van der Waals surface area contributed by atoms with Gasteiger partial charge in [0, 0.05) is 31.9 Å². The molecule has 4 heteroatoms. The first-order valence-corrected chi connectivity index (χ1v) is 12.2. The largest absolute Gasteiger partial charge is 0.370 e. The number of nitrogens with zero attached hydrogens (tertiary/aromatic N) is 1. The first-order valence-electron chi connectivity index (χ1n) is 12.2. The van der Waals surface area contributed by atoms with Crippen molar-refractivity contribution in [2.24, 2.45) is 0 Å². The molecular formula is C24H47N3O. The lowest BCUT2D eigenvalue weighted by Crippen LogP contribution is -2.40. The molecule has 0 aromatic heterocycles. The van der Waals surface area contributed by atoms with Crippen molar-refractivity contribution in [1.29, 1.82) is 0 Å². The first-order chi connectivity index (χ1) is 13.8. The lowest BCUT2D eigenvalue weighted by Gasteiger charge is -2.25. The molecule has 0 radical (unpaired) electrons. The molecule has 0 fully saturated rings. The monoisotopic (exact) mass is 393 g/mol. The summed E-state index contributed by atoms with van der Waals surface area (Å²) in [5.74, 6) is 0.218. The molecule has 0 saturated heterocycles. The van der Waals surface area contributed by atoms with Crippen molar-refractivity contribution in [3.05, 3.63) is 12.4 Å². The Hall–Kier alpha value is -1.19. The summed E-state index contributed by atoms with van der Waals surface area (Å²) in [4.78, 5) is 14.3. The molecule has 2 N–H and O–H groups in total. The van der Waals surface area contributed by atoms with Gasteiger partial charge in [-0.1, -0.05) is 90.9 Å². The van der Waals surface area contributed by atoms with E-state index < -0.39 is 0 Å². The lowest BCUT2D eigenvalue weighted by molar-refractivity contribution is -0.121. The summed E-state index contributed by atoms with van der Waals surface area (Å²) in [7, 11) is 0. The van der Waals surface area contributed by atoms with Crippen LogP contribution in [0.5, 0.6) is 0 Å². The Morgan fingerprint density at radius 1 is 0.857 bits per heavy atom. The summed E-state index contributed by atoms with van der Waals surface area (Å²) in [5.41, 5.74) is 0. The van der Waals surface area contributed by atoms with E-state index in [2.05, 4.69) is 35.6 Å². The number of carbonyl (C=O) groups excluding carboxylic acids is 1. The molecule has 0 aromatic carbocycles. The van der Waals surface area contributed by atoms with Crippen LogP contribution in [0.3, 0.4) is 0 Å². The number of carbonyl (C=O) groups is 1. The maximum absolute atomic E-state index is 12.0. The van der Waals surface area contributed by atoms with Crippen LogP contribution < -0.4 is 10.6 Å². The molecule has 4 nitrogen and oxygen atoms in total. The number of rotatable bonds is 19. The van der Waals surface area contributed by atoms with E-state index in [0.29, 0.717) is 12.6 Å². The molecule has 28 heavy (non-hydrogen) atoms. The highest BCUT2D eigenvalue weighted by molar-refractivity contribution is 5.75. The summed E-state index contributed by atoms with van der Waals surface area (Å²) < 4.78 is 0. The van der Waals surface area contributed by atoms with Crippen molar-refractivity contribution in [2.75, 3.05) is 13.1 Å². The average Bonchev–Trinajstić information content (AvgIpc) is 3.14. The van der Waals surface area contributed by atoms with E-state index in [4.69, 9.17) is 0 Å². The smallest absolute Gasteiger partial charge is 0.220 e. The molecule has 0 aliphatic carbocycles. The van der Waals surface area contributed by atoms with Crippen LogP contribution in [0.4, 0.5) is 0 Å². The zero-order valence-electron chi connectivity index (χ0n) is 18.8. The van der Waals surface area contributed by atoms with E-state index >= 15 is 0 Å². The molecule has 0 spiro atoms. The summed E-state index contributed by atoms with van der Waals surface area (Å²) in [6, 6.07) is 0. The predicted molar refractivity (Wildman–Crippen MR) is 121 cm³/mol. The van der Waals surface area contributed by atoms with E-state index in [-0.39, 0.29) is 5.91 Å². The highest BCUT2D eigenvalue weighted by atomic mass is 16.1. The standard InChI is InChI=1S/C24H47N3O/c1-3-5-7-9-10-11-12-14-16-18-24(28)26-20-22-27-21-19-25-23(27)17-15-13-8-6-4-2/h19,21,23,25H,3-18,20,22H2,1-2H3,(H,26,28). The Bertz CT molecular complexity index is 397. The van der Waals surface area contributed by atoms with Crippen LogP contribution in [0.15, 0.2) is 12.4 Å². The van der Waals surface area contributed by atoms with Gasteiger partial charge in [-0.05, 0) is 19.3 Å².